The molecule has 2 aromatic heterocycles. The first-order valence-corrected chi connectivity index (χ1v) is 9.16. The fourth-order valence-electron chi connectivity index (χ4n) is 3.53. The number of carbonyl (C=O) groups excluding carboxylic acids is 1. The minimum absolute atomic E-state index is 0.0638. The number of carbonyl (C=O) groups is 1. The minimum Gasteiger partial charge on any atom is -0.332 e. The molecule has 1 atom stereocenters. The van der Waals surface area contributed by atoms with Gasteiger partial charge < -0.3 is 9.88 Å². The standard InChI is InChI=1S/C21H19FN4O2/c22-16-5-3-14(4-6-16)12-20(28)26-11-1-2-18(26)21-24-17(13-19(27)25-21)15-7-9-23-10-8-15/h3-10,13,18H,1-2,11-12H2,(H,24,25,27)/t18-/m1/s1. The van der Waals surface area contributed by atoms with Gasteiger partial charge in [0.05, 0.1) is 18.2 Å². The molecule has 1 aliphatic heterocycles. The summed E-state index contributed by atoms with van der Waals surface area (Å²) in [4.78, 5) is 38.1. The van der Waals surface area contributed by atoms with E-state index in [1.165, 1.54) is 18.2 Å². The van der Waals surface area contributed by atoms with Gasteiger partial charge in [-0.15, -0.1) is 0 Å². The molecule has 3 heterocycles. The maximum atomic E-state index is 13.1. The topological polar surface area (TPSA) is 79.0 Å². The Morgan fingerprint density at radius 2 is 1.93 bits per heavy atom. The maximum Gasteiger partial charge on any atom is 0.251 e. The van der Waals surface area contributed by atoms with Crippen LogP contribution in [-0.4, -0.2) is 32.3 Å². The van der Waals surface area contributed by atoms with Gasteiger partial charge in [0.1, 0.15) is 11.6 Å². The Bertz CT molecular complexity index is 1030. The van der Waals surface area contributed by atoms with Gasteiger partial charge in [0, 0.05) is 30.6 Å². The van der Waals surface area contributed by atoms with Crippen LogP contribution in [0.15, 0.2) is 59.7 Å². The summed E-state index contributed by atoms with van der Waals surface area (Å²) < 4.78 is 13.1. The van der Waals surface area contributed by atoms with Crippen molar-refractivity contribution in [3.63, 3.8) is 0 Å². The van der Waals surface area contributed by atoms with Gasteiger partial charge in [0.2, 0.25) is 5.91 Å². The summed E-state index contributed by atoms with van der Waals surface area (Å²) in [5.74, 6) is 0.0975. The molecule has 6 nitrogen and oxygen atoms in total. The molecule has 0 saturated carbocycles. The van der Waals surface area contributed by atoms with E-state index in [9.17, 15) is 14.0 Å². The van der Waals surface area contributed by atoms with E-state index in [4.69, 9.17) is 0 Å². The van der Waals surface area contributed by atoms with Crippen LogP contribution in [0.2, 0.25) is 0 Å². The SMILES string of the molecule is O=C(Cc1ccc(F)cc1)N1CCC[C@@H]1c1nc(-c2ccncc2)cc(=O)[nH]1. The molecule has 4 rings (SSSR count). The third-order valence-corrected chi connectivity index (χ3v) is 4.89. The number of rotatable bonds is 4. The molecular formula is C21H19FN4O2. The highest BCUT2D eigenvalue weighted by Crippen LogP contribution is 2.31. The number of nitrogens with one attached hydrogen (secondary N) is 1. The fourth-order valence-corrected chi connectivity index (χ4v) is 3.53. The second-order valence-electron chi connectivity index (χ2n) is 6.80. The van der Waals surface area contributed by atoms with Crippen molar-refractivity contribution < 1.29 is 9.18 Å². The van der Waals surface area contributed by atoms with E-state index >= 15 is 0 Å². The molecule has 28 heavy (non-hydrogen) atoms. The van der Waals surface area contributed by atoms with Gasteiger partial charge in [-0.25, -0.2) is 9.37 Å². The van der Waals surface area contributed by atoms with Gasteiger partial charge in [0.15, 0.2) is 0 Å². The Morgan fingerprint density at radius 3 is 2.68 bits per heavy atom. The van der Waals surface area contributed by atoms with E-state index in [2.05, 4.69) is 15.0 Å². The molecule has 1 fully saturated rings. The number of pyridine rings is 1. The Hall–Kier alpha value is -3.35. The summed E-state index contributed by atoms with van der Waals surface area (Å²) in [6, 6.07) is 10.7. The molecule has 1 N–H and O–H groups in total. The molecule has 0 aliphatic carbocycles. The normalized spacial score (nSPS) is 16.3. The number of likely N-dealkylation sites (tertiary alicyclic amines) is 1. The van der Waals surface area contributed by atoms with Gasteiger partial charge in [-0.05, 0) is 42.7 Å². The van der Waals surface area contributed by atoms with Crippen molar-refractivity contribution in [2.24, 2.45) is 0 Å². The summed E-state index contributed by atoms with van der Waals surface area (Å²) in [6.45, 7) is 0.605. The molecular weight excluding hydrogens is 359 g/mol. The highest BCUT2D eigenvalue weighted by Gasteiger charge is 2.31. The van der Waals surface area contributed by atoms with Crippen molar-refractivity contribution in [1.29, 1.82) is 0 Å². The summed E-state index contributed by atoms with van der Waals surface area (Å²) >= 11 is 0. The third-order valence-electron chi connectivity index (χ3n) is 4.89. The predicted molar refractivity (Wildman–Crippen MR) is 102 cm³/mol. The lowest BCUT2D eigenvalue weighted by Gasteiger charge is -2.24. The van der Waals surface area contributed by atoms with Crippen LogP contribution in [0.4, 0.5) is 4.39 Å². The van der Waals surface area contributed by atoms with E-state index in [0.29, 0.717) is 18.1 Å². The average molecular weight is 378 g/mol. The number of nitrogens with zero attached hydrogens (tertiary/aromatic N) is 3. The van der Waals surface area contributed by atoms with E-state index in [1.807, 2.05) is 0 Å². The lowest BCUT2D eigenvalue weighted by atomic mass is 10.1. The van der Waals surface area contributed by atoms with Gasteiger partial charge in [0.25, 0.3) is 5.56 Å². The molecule has 0 radical (unpaired) electrons. The predicted octanol–water partition coefficient (Wildman–Crippen LogP) is 2.88. The van der Waals surface area contributed by atoms with Crippen molar-refractivity contribution >= 4 is 5.91 Å². The smallest absolute Gasteiger partial charge is 0.251 e. The number of halogens is 1. The van der Waals surface area contributed by atoms with Gasteiger partial charge >= 0.3 is 0 Å². The summed E-state index contributed by atoms with van der Waals surface area (Å²) in [6.07, 6.45) is 5.05. The number of benzene rings is 1. The average Bonchev–Trinajstić information content (AvgIpc) is 3.20. The van der Waals surface area contributed by atoms with Crippen LogP contribution >= 0.6 is 0 Å². The zero-order chi connectivity index (χ0) is 19.5. The fraction of sp³-hybridized carbons (Fsp3) is 0.238. The first-order valence-electron chi connectivity index (χ1n) is 9.16. The van der Waals surface area contributed by atoms with Crippen molar-refractivity contribution in [3.8, 4) is 11.3 Å². The van der Waals surface area contributed by atoms with Crippen molar-refractivity contribution in [3.05, 3.63) is 82.4 Å². The highest BCUT2D eigenvalue weighted by molar-refractivity contribution is 5.79. The van der Waals surface area contributed by atoms with E-state index in [1.54, 1.807) is 41.6 Å². The summed E-state index contributed by atoms with van der Waals surface area (Å²) in [7, 11) is 0. The number of hydrogen-bond acceptors (Lipinski definition) is 4. The van der Waals surface area contributed by atoms with Gasteiger partial charge in [-0.3, -0.25) is 14.6 Å². The van der Waals surface area contributed by atoms with E-state index in [0.717, 1.165) is 24.0 Å². The molecule has 142 valence electrons. The highest BCUT2D eigenvalue weighted by atomic mass is 19.1. The molecule has 0 unspecified atom stereocenters. The minimum atomic E-state index is -0.329. The van der Waals surface area contributed by atoms with Crippen LogP contribution in [0, 0.1) is 5.82 Å². The zero-order valence-electron chi connectivity index (χ0n) is 15.1. The Morgan fingerprint density at radius 1 is 1.18 bits per heavy atom. The molecule has 7 heteroatoms. The summed E-state index contributed by atoms with van der Waals surface area (Å²) in [5.41, 5.74) is 1.85. The number of aromatic nitrogens is 3. The first-order chi connectivity index (χ1) is 13.6. The number of aromatic amines is 1. The quantitative estimate of drug-likeness (QED) is 0.757. The summed E-state index contributed by atoms with van der Waals surface area (Å²) in [5, 5.41) is 0. The van der Waals surface area contributed by atoms with Crippen molar-refractivity contribution in [2.75, 3.05) is 6.54 Å². The Kier molecular flexibility index (Phi) is 4.97. The van der Waals surface area contributed by atoms with Crippen molar-refractivity contribution in [1.82, 2.24) is 19.9 Å². The molecule has 1 aliphatic rings. The number of hydrogen-bond donors (Lipinski definition) is 1. The third kappa shape index (κ3) is 3.83. The molecule has 1 saturated heterocycles. The van der Waals surface area contributed by atoms with E-state index < -0.39 is 0 Å². The second kappa shape index (κ2) is 7.72. The lowest BCUT2D eigenvalue weighted by molar-refractivity contribution is -0.131. The zero-order valence-corrected chi connectivity index (χ0v) is 15.1. The molecule has 3 aromatic rings. The molecule has 1 aromatic carbocycles. The van der Waals surface area contributed by atoms with Crippen LogP contribution < -0.4 is 5.56 Å². The van der Waals surface area contributed by atoms with Crippen molar-refractivity contribution in [2.45, 2.75) is 25.3 Å². The van der Waals surface area contributed by atoms with Crippen LogP contribution in [0.1, 0.15) is 30.3 Å². The van der Waals surface area contributed by atoms with E-state index in [-0.39, 0.29) is 29.7 Å². The van der Waals surface area contributed by atoms with Crippen LogP contribution in [-0.2, 0) is 11.2 Å². The lowest BCUT2D eigenvalue weighted by Crippen LogP contribution is -2.33. The maximum absolute atomic E-state index is 13.1. The number of amides is 1. The molecule has 1 amide bonds. The monoisotopic (exact) mass is 378 g/mol. The van der Waals surface area contributed by atoms with Gasteiger partial charge in [-0.1, -0.05) is 12.1 Å². The largest absolute Gasteiger partial charge is 0.332 e. The van der Waals surface area contributed by atoms with Crippen LogP contribution in [0.3, 0.4) is 0 Å². The molecule has 0 bridgehead atoms. The Balaban J connectivity index is 1.59. The number of H-pyrrole nitrogens is 1. The molecule has 0 spiro atoms. The Labute approximate surface area is 161 Å². The first kappa shape index (κ1) is 18.0. The van der Waals surface area contributed by atoms with Crippen LogP contribution in [0.5, 0.6) is 0 Å². The van der Waals surface area contributed by atoms with Crippen LogP contribution in [0.25, 0.3) is 11.3 Å². The second-order valence-corrected chi connectivity index (χ2v) is 6.80. The van der Waals surface area contributed by atoms with Gasteiger partial charge in [-0.2, -0.15) is 0 Å².